The highest BCUT2D eigenvalue weighted by Gasteiger charge is 2.40. The number of aliphatic carboxylic acids is 1. The molecule has 0 amide bonds. The van der Waals surface area contributed by atoms with Crippen LogP contribution in [0.5, 0.6) is 5.75 Å². The van der Waals surface area contributed by atoms with Crippen molar-refractivity contribution in [3.05, 3.63) is 29.3 Å². The Morgan fingerprint density at radius 3 is 2.89 bits per heavy atom. The molecule has 19 heavy (non-hydrogen) atoms. The average molecular weight is 263 g/mol. The molecule has 0 bridgehead atoms. The Morgan fingerprint density at radius 2 is 2.21 bits per heavy atom. The lowest BCUT2D eigenvalue weighted by atomic mass is 9.81. The van der Waals surface area contributed by atoms with Crippen molar-refractivity contribution in [3.8, 4) is 5.75 Å². The second-order valence-corrected chi connectivity index (χ2v) is 5.50. The second kappa shape index (κ2) is 5.21. The van der Waals surface area contributed by atoms with Gasteiger partial charge < -0.3 is 15.6 Å². The number of ether oxygens (including phenoxy) is 1. The van der Waals surface area contributed by atoms with E-state index in [1.165, 1.54) is 5.56 Å². The maximum Gasteiger partial charge on any atom is 0.323 e. The van der Waals surface area contributed by atoms with E-state index in [2.05, 4.69) is 0 Å². The van der Waals surface area contributed by atoms with E-state index in [-0.39, 0.29) is 6.10 Å². The monoisotopic (exact) mass is 263 g/mol. The Kier molecular flexibility index (Phi) is 3.80. The summed E-state index contributed by atoms with van der Waals surface area (Å²) in [5.74, 6) is -0.0959. The Hall–Kier alpha value is -1.55. The maximum atomic E-state index is 11.2. The summed E-state index contributed by atoms with van der Waals surface area (Å²) in [6.45, 7) is 4.05. The summed E-state index contributed by atoms with van der Waals surface area (Å²) in [7, 11) is 0. The summed E-state index contributed by atoms with van der Waals surface area (Å²) >= 11 is 0. The first-order valence-corrected chi connectivity index (χ1v) is 6.67. The number of nitrogens with two attached hydrogens (primary N) is 1. The van der Waals surface area contributed by atoms with E-state index >= 15 is 0 Å². The van der Waals surface area contributed by atoms with Crippen molar-refractivity contribution in [2.45, 2.75) is 51.2 Å². The predicted molar refractivity (Wildman–Crippen MR) is 73.4 cm³/mol. The molecule has 1 aliphatic carbocycles. The van der Waals surface area contributed by atoms with E-state index in [1.54, 1.807) is 0 Å². The minimum atomic E-state index is -1.14. The van der Waals surface area contributed by atoms with E-state index < -0.39 is 11.5 Å². The Bertz CT molecular complexity index is 486. The number of carbonyl (C=O) groups is 1. The van der Waals surface area contributed by atoms with Gasteiger partial charge >= 0.3 is 5.97 Å². The van der Waals surface area contributed by atoms with Crippen molar-refractivity contribution >= 4 is 5.97 Å². The SMILES string of the molecule is Cc1cccc(OC2CCCC(N)(C(=O)O)C2)c1C. The van der Waals surface area contributed by atoms with Crippen molar-refractivity contribution in [2.24, 2.45) is 5.73 Å². The molecule has 1 saturated carbocycles. The largest absolute Gasteiger partial charge is 0.490 e. The molecule has 2 rings (SSSR count). The van der Waals surface area contributed by atoms with Gasteiger partial charge in [-0.15, -0.1) is 0 Å². The van der Waals surface area contributed by atoms with Gasteiger partial charge in [-0.3, -0.25) is 4.79 Å². The molecule has 104 valence electrons. The van der Waals surface area contributed by atoms with Crippen LogP contribution in [0.1, 0.15) is 36.8 Å². The van der Waals surface area contributed by atoms with Crippen LogP contribution in [0, 0.1) is 13.8 Å². The molecule has 0 spiro atoms. The highest BCUT2D eigenvalue weighted by molar-refractivity contribution is 5.78. The van der Waals surface area contributed by atoms with Gasteiger partial charge in [0.25, 0.3) is 0 Å². The van der Waals surface area contributed by atoms with Crippen LogP contribution in [0.2, 0.25) is 0 Å². The number of hydrogen-bond donors (Lipinski definition) is 2. The van der Waals surface area contributed by atoms with E-state index in [9.17, 15) is 9.90 Å². The van der Waals surface area contributed by atoms with Gasteiger partial charge in [0.1, 0.15) is 17.4 Å². The fourth-order valence-corrected chi connectivity index (χ4v) is 2.58. The van der Waals surface area contributed by atoms with Gasteiger partial charge in [-0.05, 0) is 50.3 Å². The summed E-state index contributed by atoms with van der Waals surface area (Å²) < 4.78 is 5.97. The fourth-order valence-electron chi connectivity index (χ4n) is 2.58. The molecule has 1 aromatic rings. The molecule has 0 saturated heterocycles. The third-order valence-corrected chi connectivity index (χ3v) is 4.02. The van der Waals surface area contributed by atoms with Crippen LogP contribution in [0.3, 0.4) is 0 Å². The lowest BCUT2D eigenvalue weighted by Crippen LogP contribution is -2.53. The number of carboxylic acid groups (broad SMARTS) is 1. The van der Waals surface area contributed by atoms with Crippen molar-refractivity contribution in [1.82, 2.24) is 0 Å². The lowest BCUT2D eigenvalue weighted by Gasteiger charge is -2.34. The van der Waals surface area contributed by atoms with Crippen LogP contribution in [0.4, 0.5) is 0 Å². The first kappa shape index (κ1) is 13.9. The summed E-state index contributed by atoms with van der Waals surface area (Å²) in [5.41, 5.74) is 7.07. The molecule has 0 radical (unpaired) electrons. The quantitative estimate of drug-likeness (QED) is 0.878. The van der Waals surface area contributed by atoms with Gasteiger partial charge in [0.05, 0.1) is 0 Å². The number of carboxylic acids is 1. The molecule has 1 aromatic carbocycles. The summed E-state index contributed by atoms with van der Waals surface area (Å²) in [4.78, 5) is 11.2. The molecule has 2 unspecified atom stereocenters. The summed E-state index contributed by atoms with van der Waals surface area (Å²) in [6.07, 6.45) is 2.43. The van der Waals surface area contributed by atoms with Gasteiger partial charge in [-0.2, -0.15) is 0 Å². The first-order valence-electron chi connectivity index (χ1n) is 6.67. The Morgan fingerprint density at radius 1 is 1.47 bits per heavy atom. The molecule has 4 heteroatoms. The van der Waals surface area contributed by atoms with Gasteiger partial charge in [0, 0.05) is 6.42 Å². The van der Waals surface area contributed by atoms with Crippen molar-refractivity contribution < 1.29 is 14.6 Å². The van der Waals surface area contributed by atoms with Crippen LogP contribution >= 0.6 is 0 Å². The molecule has 4 nitrogen and oxygen atoms in total. The molecule has 0 aromatic heterocycles. The summed E-state index contributed by atoms with van der Waals surface area (Å²) in [5, 5.41) is 9.20. The van der Waals surface area contributed by atoms with Gasteiger partial charge in [-0.25, -0.2) is 0 Å². The van der Waals surface area contributed by atoms with Crippen molar-refractivity contribution in [2.75, 3.05) is 0 Å². The van der Waals surface area contributed by atoms with E-state index in [4.69, 9.17) is 10.5 Å². The average Bonchev–Trinajstić information content (AvgIpc) is 2.35. The van der Waals surface area contributed by atoms with Gasteiger partial charge in [0.15, 0.2) is 0 Å². The molecule has 2 atom stereocenters. The van der Waals surface area contributed by atoms with Crippen molar-refractivity contribution in [3.63, 3.8) is 0 Å². The van der Waals surface area contributed by atoms with Crippen molar-refractivity contribution in [1.29, 1.82) is 0 Å². The number of benzene rings is 1. The van der Waals surface area contributed by atoms with E-state index in [1.807, 2.05) is 32.0 Å². The zero-order valence-electron chi connectivity index (χ0n) is 11.5. The topological polar surface area (TPSA) is 72.5 Å². The third kappa shape index (κ3) is 2.89. The lowest BCUT2D eigenvalue weighted by molar-refractivity contribution is -0.145. The van der Waals surface area contributed by atoms with Gasteiger partial charge in [0.2, 0.25) is 0 Å². The van der Waals surface area contributed by atoms with Crippen LogP contribution in [0.15, 0.2) is 18.2 Å². The number of aryl methyl sites for hydroxylation is 1. The number of rotatable bonds is 3. The highest BCUT2D eigenvalue weighted by Crippen LogP contribution is 2.31. The van der Waals surface area contributed by atoms with Crippen LogP contribution in [0.25, 0.3) is 0 Å². The normalized spacial score (nSPS) is 27.0. The zero-order valence-corrected chi connectivity index (χ0v) is 11.5. The Labute approximate surface area is 113 Å². The number of hydrogen-bond acceptors (Lipinski definition) is 3. The van der Waals surface area contributed by atoms with Crippen LogP contribution < -0.4 is 10.5 Å². The minimum absolute atomic E-state index is 0.115. The van der Waals surface area contributed by atoms with E-state index in [0.717, 1.165) is 24.2 Å². The smallest absolute Gasteiger partial charge is 0.323 e. The molecule has 1 fully saturated rings. The fraction of sp³-hybridized carbons (Fsp3) is 0.533. The first-order chi connectivity index (χ1) is 8.92. The Balaban J connectivity index is 2.11. The third-order valence-electron chi connectivity index (χ3n) is 4.02. The minimum Gasteiger partial charge on any atom is -0.490 e. The van der Waals surface area contributed by atoms with Crippen LogP contribution in [-0.4, -0.2) is 22.7 Å². The zero-order chi connectivity index (χ0) is 14.0. The molecule has 0 aliphatic heterocycles. The predicted octanol–water partition coefficient (Wildman–Crippen LogP) is 2.41. The molecule has 1 aliphatic rings. The molecular formula is C15H21NO3. The highest BCUT2D eigenvalue weighted by atomic mass is 16.5. The molecule has 0 heterocycles. The summed E-state index contributed by atoms with van der Waals surface area (Å²) in [6, 6.07) is 5.91. The maximum absolute atomic E-state index is 11.2. The molecular weight excluding hydrogens is 242 g/mol. The van der Waals surface area contributed by atoms with E-state index in [0.29, 0.717) is 12.8 Å². The van der Waals surface area contributed by atoms with Crippen LogP contribution in [-0.2, 0) is 4.79 Å². The molecule has 3 N–H and O–H groups in total. The van der Waals surface area contributed by atoms with Gasteiger partial charge in [-0.1, -0.05) is 12.1 Å². The second-order valence-electron chi connectivity index (χ2n) is 5.50. The standard InChI is InChI=1S/C15H21NO3/c1-10-5-3-7-13(11(10)2)19-12-6-4-8-15(16,9-12)14(17)18/h3,5,7,12H,4,6,8-9,16H2,1-2H3,(H,17,18).